The number of benzene rings is 1. The predicted molar refractivity (Wildman–Crippen MR) is 49.5 cm³/mol. The summed E-state index contributed by atoms with van der Waals surface area (Å²) in [4.78, 5) is 11.3. The molecule has 0 aromatic heterocycles. The lowest BCUT2D eigenvalue weighted by atomic mass is 9.94. The zero-order chi connectivity index (χ0) is 9.26. The highest BCUT2D eigenvalue weighted by atomic mass is 16.5. The number of esters is 1. The summed E-state index contributed by atoms with van der Waals surface area (Å²) in [6.07, 6.45) is 0.823. The molecule has 0 spiro atoms. The Kier molecular flexibility index (Phi) is 2.05. The molecule has 13 heavy (non-hydrogen) atoms. The van der Waals surface area contributed by atoms with E-state index in [1.807, 2.05) is 31.2 Å². The molecule has 0 bridgehead atoms. The topological polar surface area (TPSA) is 26.3 Å². The Balaban J connectivity index is 2.34. The molecule has 1 fully saturated rings. The average Bonchev–Trinajstić information content (AvgIpc) is 2.52. The molecule has 1 atom stereocenters. The van der Waals surface area contributed by atoms with E-state index in [2.05, 4.69) is 0 Å². The fourth-order valence-corrected chi connectivity index (χ4v) is 1.76. The first kappa shape index (κ1) is 8.30. The van der Waals surface area contributed by atoms with E-state index in [4.69, 9.17) is 4.74 Å². The summed E-state index contributed by atoms with van der Waals surface area (Å²) in [5.74, 6) is -0.101. The first-order valence-corrected chi connectivity index (χ1v) is 4.51. The number of aryl methyl sites for hydroxylation is 1. The number of hydrogen-bond donors (Lipinski definition) is 0. The third-order valence-corrected chi connectivity index (χ3v) is 2.50. The molecular weight excluding hydrogens is 164 g/mol. The third kappa shape index (κ3) is 1.44. The zero-order valence-electron chi connectivity index (χ0n) is 7.62. The van der Waals surface area contributed by atoms with Gasteiger partial charge in [0.1, 0.15) is 0 Å². The van der Waals surface area contributed by atoms with Crippen molar-refractivity contribution in [1.82, 2.24) is 0 Å². The summed E-state index contributed by atoms with van der Waals surface area (Å²) in [5.41, 5.74) is 2.29. The summed E-state index contributed by atoms with van der Waals surface area (Å²) in [6.45, 7) is 2.60. The van der Waals surface area contributed by atoms with E-state index >= 15 is 0 Å². The van der Waals surface area contributed by atoms with E-state index in [1.165, 1.54) is 5.56 Å². The standard InChI is InChI=1S/C11H12O2/c1-8-4-2-3-5-9(8)10-6-7-13-11(10)12/h2-5,10H,6-7H2,1H3. The lowest BCUT2D eigenvalue weighted by Crippen LogP contribution is -2.06. The number of carbonyl (C=O) groups excluding carboxylic acids is 1. The van der Waals surface area contributed by atoms with E-state index in [9.17, 15) is 4.79 Å². The van der Waals surface area contributed by atoms with E-state index in [-0.39, 0.29) is 11.9 Å². The fourth-order valence-electron chi connectivity index (χ4n) is 1.76. The van der Waals surface area contributed by atoms with Gasteiger partial charge in [-0.15, -0.1) is 0 Å². The maximum absolute atomic E-state index is 11.3. The van der Waals surface area contributed by atoms with Crippen molar-refractivity contribution in [3.8, 4) is 0 Å². The summed E-state index contributed by atoms with van der Waals surface area (Å²) in [5, 5.41) is 0. The van der Waals surface area contributed by atoms with Crippen LogP contribution >= 0.6 is 0 Å². The minimum atomic E-state index is -0.0747. The molecule has 1 heterocycles. The highest BCUT2D eigenvalue weighted by Crippen LogP contribution is 2.28. The summed E-state index contributed by atoms with van der Waals surface area (Å²) in [7, 11) is 0. The smallest absolute Gasteiger partial charge is 0.313 e. The van der Waals surface area contributed by atoms with Gasteiger partial charge in [-0.2, -0.15) is 0 Å². The highest BCUT2D eigenvalue weighted by Gasteiger charge is 2.28. The SMILES string of the molecule is Cc1ccccc1C1CCOC1=O. The fraction of sp³-hybridized carbons (Fsp3) is 0.364. The average molecular weight is 176 g/mol. The molecule has 2 heteroatoms. The number of rotatable bonds is 1. The molecule has 1 aromatic carbocycles. The Labute approximate surface area is 77.5 Å². The molecule has 1 aromatic rings. The van der Waals surface area contributed by atoms with E-state index in [1.54, 1.807) is 0 Å². The van der Waals surface area contributed by atoms with Crippen molar-refractivity contribution in [2.75, 3.05) is 6.61 Å². The Morgan fingerprint density at radius 2 is 2.15 bits per heavy atom. The van der Waals surface area contributed by atoms with Crippen molar-refractivity contribution < 1.29 is 9.53 Å². The van der Waals surface area contributed by atoms with Crippen molar-refractivity contribution in [1.29, 1.82) is 0 Å². The molecule has 0 radical (unpaired) electrons. The van der Waals surface area contributed by atoms with E-state index < -0.39 is 0 Å². The van der Waals surface area contributed by atoms with Crippen LogP contribution in [0, 0.1) is 6.92 Å². The molecule has 0 N–H and O–H groups in total. The number of carbonyl (C=O) groups is 1. The van der Waals surface area contributed by atoms with Crippen molar-refractivity contribution in [2.45, 2.75) is 19.3 Å². The molecule has 0 saturated carbocycles. The van der Waals surface area contributed by atoms with Crippen molar-refractivity contribution in [3.05, 3.63) is 35.4 Å². The molecule has 0 aliphatic carbocycles. The maximum atomic E-state index is 11.3. The first-order chi connectivity index (χ1) is 6.29. The third-order valence-electron chi connectivity index (χ3n) is 2.50. The zero-order valence-corrected chi connectivity index (χ0v) is 7.62. The second kappa shape index (κ2) is 3.21. The minimum Gasteiger partial charge on any atom is -0.465 e. The van der Waals surface area contributed by atoms with Crippen LogP contribution in [-0.2, 0) is 9.53 Å². The van der Waals surface area contributed by atoms with Gasteiger partial charge in [0.25, 0.3) is 0 Å². The van der Waals surface area contributed by atoms with Gasteiger partial charge < -0.3 is 4.74 Å². The molecular formula is C11H12O2. The first-order valence-electron chi connectivity index (χ1n) is 4.51. The van der Waals surface area contributed by atoms with Gasteiger partial charge in [-0.1, -0.05) is 24.3 Å². The normalized spacial score (nSPS) is 21.6. The van der Waals surface area contributed by atoms with Crippen LogP contribution < -0.4 is 0 Å². The molecule has 1 saturated heterocycles. The Morgan fingerprint density at radius 1 is 1.38 bits per heavy atom. The molecule has 68 valence electrons. The van der Waals surface area contributed by atoms with Gasteiger partial charge in [0, 0.05) is 0 Å². The monoisotopic (exact) mass is 176 g/mol. The van der Waals surface area contributed by atoms with Gasteiger partial charge in [0.05, 0.1) is 12.5 Å². The predicted octanol–water partition coefficient (Wildman–Crippen LogP) is 2.03. The minimum absolute atomic E-state index is 0.0267. The molecule has 0 amide bonds. The van der Waals surface area contributed by atoms with Crippen LogP contribution in [0.2, 0.25) is 0 Å². The van der Waals surface area contributed by atoms with Crippen LogP contribution in [0.5, 0.6) is 0 Å². The van der Waals surface area contributed by atoms with Crippen LogP contribution in [0.15, 0.2) is 24.3 Å². The van der Waals surface area contributed by atoms with Crippen molar-refractivity contribution in [2.24, 2.45) is 0 Å². The molecule has 1 unspecified atom stereocenters. The number of cyclic esters (lactones) is 1. The Hall–Kier alpha value is -1.31. The van der Waals surface area contributed by atoms with Crippen molar-refractivity contribution in [3.63, 3.8) is 0 Å². The van der Waals surface area contributed by atoms with Gasteiger partial charge >= 0.3 is 5.97 Å². The quantitative estimate of drug-likeness (QED) is 0.612. The Morgan fingerprint density at radius 3 is 2.77 bits per heavy atom. The Bertz CT molecular complexity index is 331. The molecule has 1 aliphatic rings. The molecule has 2 nitrogen and oxygen atoms in total. The second-order valence-electron chi connectivity index (χ2n) is 3.37. The van der Waals surface area contributed by atoms with Crippen LogP contribution in [0.3, 0.4) is 0 Å². The van der Waals surface area contributed by atoms with Crippen LogP contribution in [0.1, 0.15) is 23.5 Å². The molecule has 2 rings (SSSR count). The highest BCUT2D eigenvalue weighted by molar-refractivity contribution is 5.80. The lowest BCUT2D eigenvalue weighted by molar-refractivity contribution is -0.139. The second-order valence-corrected chi connectivity index (χ2v) is 3.37. The largest absolute Gasteiger partial charge is 0.465 e. The maximum Gasteiger partial charge on any atom is 0.313 e. The van der Waals surface area contributed by atoms with Gasteiger partial charge in [-0.05, 0) is 24.5 Å². The van der Waals surface area contributed by atoms with Crippen LogP contribution in [0.4, 0.5) is 0 Å². The summed E-state index contributed by atoms with van der Waals surface area (Å²) >= 11 is 0. The lowest BCUT2D eigenvalue weighted by Gasteiger charge is -2.08. The van der Waals surface area contributed by atoms with Crippen LogP contribution in [0.25, 0.3) is 0 Å². The van der Waals surface area contributed by atoms with Gasteiger partial charge in [0.2, 0.25) is 0 Å². The summed E-state index contributed by atoms with van der Waals surface area (Å²) in [6, 6.07) is 7.99. The van der Waals surface area contributed by atoms with Gasteiger partial charge in [-0.25, -0.2) is 0 Å². The van der Waals surface area contributed by atoms with Gasteiger partial charge in [0.15, 0.2) is 0 Å². The van der Waals surface area contributed by atoms with E-state index in [0.717, 1.165) is 12.0 Å². The van der Waals surface area contributed by atoms with Crippen molar-refractivity contribution >= 4 is 5.97 Å². The molecule has 1 aliphatic heterocycles. The number of ether oxygens (including phenoxy) is 1. The number of hydrogen-bond acceptors (Lipinski definition) is 2. The summed E-state index contributed by atoms with van der Waals surface area (Å²) < 4.78 is 4.94. The van der Waals surface area contributed by atoms with Gasteiger partial charge in [-0.3, -0.25) is 4.79 Å². The van der Waals surface area contributed by atoms with Crippen LogP contribution in [-0.4, -0.2) is 12.6 Å². The van der Waals surface area contributed by atoms with E-state index in [0.29, 0.717) is 6.61 Å².